The van der Waals surface area contributed by atoms with E-state index in [9.17, 15) is 0 Å². The number of rotatable bonds is 6. The molecule has 0 N–H and O–H groups in total. The molecule has 3 rings (SSSR count). The van der Waals surface area contributed by atoms with Crippen molar-refractivity contribution in [3.8, 4) is 11.5 Å². The third-order valence-electron chi connectivity index (χ3n) is 5.12. The van der Waals surface area contributed by atoms with Crippen LogP contribution in [0.4, 0.5) is 0 Å². The Balaban J connectivity index is 1.59. The molecule has 1 fully saturated rings. The molecule has 4 nitrogen and oxygen atoms in total. The lowest BCUT2D eigenvalue weighted by atomic mass is 9.79. The molecule has 23 heavy (non-hydrogen) atoms. The molecule has 0 saturated heterocycles. The summed E-state index contributed by atoms with van der Waals surface area (Å²) in [5, 5.41) is 4.25. The molecular weight excluding hydrogens is 286 g/mol. The molecule has 1 aliphatic rings. The van der Waals surface area contributed by atoms with Gasteiger partial charge in [0.25, 0.3) is 5.89 Å². The summed E-state index contributed by atoms with van der Waals surface area (Å²) < 4.78 is 5.50. The average Bonchev–Trinajstić information content (AvgIpc) is 3.06. The Hall–Kier alpha value is -1.71. The van der Waals surface area contributed by atoms with Crippen LogP contribution in [0.15, 0.2) is 23.0 Å². The number of aryl methyl sites for hydroxylation is 1. The van der Waals surface area contributed by atoms with Crippen LogP contribution in [0.25, 0.3) is 11.5 Å². The van der Waals surface area contributed by atoms with Gasteiger partial charge in [-0.2, -0.15) is 4.98 Å². The van der Waals surface area contributed by atoms with Gasteiger partial charge in [0.15, 0.2) is 5.82 Å². The fourth-order valence-electron chi connectivity index (χ4n) is 3.62. The Bertz CT molecular complexity index is 615. The van der Waals surface area contributed by atoms with E-state index in [0.29, 0.717) is 11.8 Å². The predicted molar refractivity (Wildman–Crippen MR) is 91.1 cm³/mol. The first-order valence-electron chi connectivity index (χ1n) is 9.02. The van der Waals surface area contributed by atoms with E-state index < -0.39 is 0 Å². The molecule has 2 heterocycles. The Morgan fingerprint density at radius 3 is 2.74 bits per heavy atom. The standard InChI is InChI=1S/C19H27N3O/c1-3-4-5-6-15-7-9-16(10-8-15)18-21-19(23-22-18)17-11-12-20-13-14(17)2/h11-13,15-16H,3-10H2,1-2H3. The van der Waals surface area contributed by atoms with Crippen molar-refractivity contribution in [1.82, 2.24) is 15.1 Å². The maximum absolute atomic E-state index is 5.50. The normalized spacial score (nSPS) is 21.5. The molecule has 1 saturated carbocycles. The van der Waals surface area contributed by atoms with Crippen LogP contribution in [0.1, 0.15) is 75.6 Å². The second-order valence-corrected chi connectivity index (χ2v) is 6.86. The lowest BCUT2D eigenvalue weighted by Gasteiger charge is -2.26. The molecule has 1 aliphatic carbocycles. The van der Waals surface area contributed by atoms with Gasteiger partial charge >= 0.3 is 0 Å². The number of aromatic nitrogens is 3. The summed E-state index contributed by atoms with van der Waals surface area (Å²) in [4.78, 5) is 8.78. The molecule has 0 radical (unpaired) electrons. The number of nitrogens with zero attached hydrogens (tertiary/aromatic N) is 3. The van der Waals surface area contributed by atoms with Gasteiger partial charge in [-0.1, -0.05) is 37.8 Å². The van der Waals surface area contributed by atoms with Gasteiger partial charge in [0.2, 0.25) is 0 Å². The number of hydrogen-bond donors (Lipinski definition) is 0. The first kappa shape index (κ1) is 16.2. The molecule has 0 aromatic carbocycles. The second kappa shape index (κ2) is 7.71. The summed E-state index contributed by atoms with van der Waals surface area (Å²) in [5.41, 5.74) is 2.06. The fourth-order valence-corrected chi connectivity index (χ4v) is 3.62. The number of unbranched alkanes of at least 4 members (excludes halogenated alkanes) is 2. The van der Waals surface area contributed by atoms with Crippen molar-refractivity contribution in [2.45, 2.75) is 71.1 Å². The molecule has 0 spiro atoms. The highest BCUT2D eigenvalue weighted by Crippen LogP contribution is 2.37. The molecule has 124 valence electrons. The highest BCUT2D eigenvalue weighted by Gasteiger charge is 2.26. The van der Waals surface area contributed by atoms with E-state index in [1.54, 1.807) is 6.20 Å². The van der Waals surface area contributed by atoms with Crippen molar-refractivity contribution in [3.63, 3.8) is 0 Å². The molecule has 4 heteroatoms. The summed E-state index contributed by atoms with van der Waals surface area (Å²) in [6.45, 7) is 4.29. The topological polar surface area (TPSA) is 51.8 Å². The third-order valence-corrected chi connectivity index (χ3v) is 5.12. The minimum absolute atomic E-state index is 0.470. The van der Waals surface area contributed by atoms with Crippen molar-refractivity contribution in [1.29, 1.82) is 0 Å². The highest BCUT2D eigenvalue weighted by molar-refractivity contribution is 5.56. The van der Waals surface area contributed by atoms with Crippen molar-refractivity contribution in [2.24, 2.45) is 5.92 Å². The molecule has 0 atom stereocenters. The minimum Gasteiger partial charge on any atom is -0.334 e. The van der Waals surface area contributed by atoms with Crippen LogP contribution in [0.3, 0.4) is 0 Å². The van der Waals surface area contributed by atoms with Crippen molar-refractivity contribution in [3.05, 3.63) is 29.8 Å². The third kappa shape index (κ3) is 3.98. The Morgan fingerprint density at radius 2 is 2.00 bits per heavy atom. The van der Waals surface area contributed by atoms with Crippen molar-refractivity contribution >= 4 is 0 Å². The summed E-state index contributed by atoms with van der Waals surface area (Å²) in [6.07, 6.45) is 14.1. The van der Waals surface area contributed by atoms with E-state index >= 15 is 0 Å². The summed E-state index contributed by atoms with van der Waals surface area (Å²) >= 11 is 0. The lowest BCUT2D eigenvalue weighted by molar-refractivity contribution is 0.292. The van der Waals surface area contributed by atoms with Gasteiger partial charge in [-0.3, -0.25) is 4.98 Å². The van der Waals surface area contributed by atoms with E-state index in [0.717, 1.165) is 22.9 Å². The van der Waals surface area contributed by atoms with E-state index in [2.05, 4.69) is 22.0 Å². The van der Waals surface area contributed by atoms with Crippen LogP contribution in [0, 0.1) is 12.8 Å². The molecule has 0 bridgehead atoms. The van der Waals surface area contributed by atoms with Crippen LogP contribution < -0.4 is 0 Å². The highest BCUT2D eigenvalue weighted by atomic mass is 16.5. The van der Waals surface area contributed by atoms with Crippen LogP contribution in [-0.4, -0.2) is 15.1 Å². The lowest BCUT2D eigenvalue weighted by Crippen LogP contribution is -2.14. The molecular formula is C19H27N3O. The molecule has 0 amide bonds. The van der Waals surface area contributed by atoms with Gasteiger partial charge in [0.05, 0.1) is 0 Å². The zero-order chi connectivity index (χ0) is 16.1. The minimum atomic E-state index is 0.470. The SMILES string of the molecule is CCCCCC1CCC(c2noc(-c3ccncc3C)n2)CC1. The summed E-state index contributed by atoms with van der Waals surface area (Å²) in [6, 6.07) is 1.94. The average molecular weight is 313 g/mol. The zero-order valence-corrected chi connectivity index (χ0v) is 14.3. The monoisotopic (exact) mass is 313 g/mol. The zero-order valence-electron chi connectivity index (χ0n) is 14.3. The Morgan fingerprint density at radius 1 is 1.17 bits per heavy atom. The van der Waals surface area contributed by atoms with Gasteiger partial charge in [-0.25, -0.2) is 0 Å². The smallest absolute Gasteiger partial charge is 0.258 e. The van der Waals surface area contributed by atoms with Crippen LogP contribution in [0.2, 0.25) is 0 Å². The number of pyridine rings is 1. The molecule has 2 aromatic heterocycles. The van der Waals surface area contributed by atoms with Gasteiger partial charge in [0.1, 0.15) is 0 Å². The molecule has 0 aliphatic heterocycles. The van der Waals surface area contributed by atoms with E-state index in [-0.39, 0.29) is 0 Å². The van der Waals surface area contributed by atoms with E-state index in [4.69, 9.17) is 4.52 Å². The quantitative estimate of drug-likeness (QED) is 0.679. The van der Waals surface area contributed by atoms with Crippen molar-refractivity contribution in [2.75, 3.05) is 0 Å². The van der Waals surface area contributed by atoms with E-state index in [1.807, 2.05) is 19.2 Å². The first-order chi connectivity index (χ1) is 11.3. The maximum atomic E-state index is 5.50. The number of hydrogen-bond acceptors (Lipinski definition) is 4. The predicted octanol–water partition coefficient (Wildman–Crippen LogP) is 5.29. The Kier molecular flexibility index (Phi) is 5.42. The molecule has 0 unspecified atom stereocenters. The fraction of sp³-hybridized carbons (Fsp3) is 0.632. The van der Waals surface area contributed by atoms with Crippen LogP contribution >= 0.6 is 0 Å². The summed E-state index contributed by atoms with van der Waals surface area (Å²) in [7, 11) is 0. The Labute approximate surface area is 138 Å². The second-order valence-electron chi connectivity index (χ2n) is 6.86. The largest absolute Gasteiger partial charge is 0.334 e. The van der Waals surface area contributed by atoms with Crippen LogP contribution in [0.5, 0.6) is 0 Å². The van der Waals surface area contributed by atoms with Gasteiger partial charge < -0.3 is 4.52 Å². The van der Waals surface area contributed by atoms with Crippen molar-refractivity contribution < 1.29 is 4.52 Å². The molecule has 2 aromatic rings. The van der Waals surface area contributed by atoms with Gasteiger partial charge in [-0.05, 0) is 50.2 Å². The van der Waals surface area contributed by atoms with Gasteiger partial charge in [0, 0.05) is 23.9 Å². The first-order valence-corrected chi connectivity index (χ1v) is 9.02. The van der Waals surface area contributed by atoms with E-state index in [1.165, 1.54) is 51.4 Å². The van der Waals surface area contributed by atoms with Gasteiger partial charge in [-0.15, -0.1) is 0 Å². The maximum Gasteiger partial charge on any atom is 0.258 e. The summed E-state index contributed by atoms with van der Waals surface area (Å²) in [5.74, 6) is 2.90. The van der Waals surface area contributed by atoms with Crippen LogP contribution in [-0.2, 0) is 0 Å².